The van der Waals surface area contributed by atoms with Gasteiger partial charge in [-0.05, 0) is 18.6 Å². The maximum Gasteiger partial charge on any atom is 0.223 e. The molecule has 0 saturated carbocycles. The minimum Gasteiger partial charge on any atom is -0.302 e. The van der Waals surface area contributed by atoms with Crippen LogP contribution in [0.1, 0.15) is 18.2 Å². The van der Waals surface area contributed by atoms with E-state index in [0.29, 0.717) is 10.9 Å². The second kappa shape index (κ2) is 6.93. The van der Waals surface area contributed by atoms with Gasteiger partial charge < -0.3 is 5.32 Å². The number of nitrogens with zero attached hydrogens (tertiary/aromatic N) is 4. The van der Waals surface area contributed by atoms with E-state index in [2.05, 4.69) is 33.5 Å². The molecule has 0 aliphatic rings. The maximum absolute atomic E-state index is 11.0. The van der Waals surface area contributed by atoms with Gasteiger partial charge in [-0.3, -0.25) is 9.36 Å². The van der Waals surface area contributed by atoms with E-state index in [1.807, 2.05) is 28.1 Å². The number of benzene rings is 1. The summed E-state index contributed by atoms with van der Waals surface area (Å²) in [5, 5.41) is 14.3. The highest BCUT2D eigenvalue weighted by Gasteiger charge is 2.10. The Kier molecular flexibility index (Phi) is 4.73. The van der Waals surface area contributed by atoms with Gasteiger partial charge in [-0.1, -0.05) is 30.0 Å². The van der Waals surface area contributed by atoms with E-state index < -0.39 is 0 Å². The van der Waals surface area contributed by atoms with E-state index in [-0.39, 0.29) is 5.91 Å². The average Bonchev–Trinajstić information content (AvgIpc) is 3.14. The lowest BCUT2D eigenvalue weighted by atomic mass is 10.2. The molecular weight excluding hydrogens is 330 g/mol. The first-order chi connectivity index (χ1) is 11.1. The number of carbonyl (C=O) groups excluding carboxylic acids is 1. The molecule has 23 heavy (non-hydrogen) atoms. The lowest BCUT2D eigenvalue weighted by molar-refractivity contribution is -0.114. The van der Waals surface area contributed by atoms with Crippen LogP contribution < -0.4 is 5.32 Å². The summed E-state index contributed by atoms with van der Waals surface area (Å²) in [5.41, 5.74) is 3.14. The standard InChI is InChI=1S/C15H15N5OS2/c1-10-5-3-4-6-13(10)20-9-16-19-15(20)23-8-12-7-22-14(18-12)17-11(2)21/h3-7,9H,8H2,1-2H3,(H,17,18,21). The lowest BCUT2D eigenvalue weighted by Crippen LogP contribution is -2.05. The van der Waals surface area contributed by atoms with Gasteiger partial charge in [0, 0.05) is 18.1 Å². The second-order valence-electron chi connectivity index (χ2n) is 4.88. The van der Waals surface area contributed by atoms with Gasteiger partial charge >= 0.3 is 0 Å². The zero-order valence-corrected chi connectivity index (χ0v) is 14.3. The number of hydrogen-bond donors (Lipinski definition) is 1. The van der Waals surface area contributed by atoms with Crippen LogP contribution in [0.5, 0.6) is 0 Å². The fourth-order valence-electron chi connectivity index (χ4n) is 2.04. The summed E-state index contributed by atoms with van der Waals surface area (Å²) >= 11 is 2.98. The third-order valence-corrected chi connectivity index (χ3v) is 4.86. The second-order valence-corrected chi connectivity index (χ2v) is 6.68. The van der Waals surface area contributed by atoms with Crippen LogP contribution in [0.2, 0.25) is 0 Å². The first kappa shape index (κ1) is 15.7. The molecule has 118 valence electrons. The topological polar surface area (TPSA) is 72.7 Å². The van der Waals surface area contributed by atoms with Crippen molar-refractivity contribution < 1.29 is 4.79 Å². The highest BCUT2D eigenvalue weighted by atomic mass is 32.2. The molecule has 1 aromatic carbocycles. The summed E-state index contributed by atoms with van der Waals surface area (Å²) in [6.45, 7) is 3.53. The molecule has 0 aliphatic carbocycles. The Hall–Kier alpha value is -2.19. The normalized spacial score (nSPS) is 10.7. The van der Waals surface area contributed by atoms with Gasteiger partial charge in [-0.25, -0.2) is 4.98 Å². The molecule has 0 bridgehead atoms. The molecule has 0 spiro atoms. The van der Waals surface area contributed by atoms with Crippen LogP contribution >= 0.6 is 23.1 Å². The fraction of sp³-hybridized carbons (Fsp3) is 0.200. The van der Waals surface area contributed by atoms with Crippen molar-refractivity contribution in [2.75, 3.05) is 5.32 Å². The van der Waals surface area contributed by atoms with Crippen molar-refractivity contribution in [2.24, 2.45) is 0 Å². The summed E-state index contributed by atoms with van der Waals surface area (Å²) in [7, 11) is 0. The van der Waals surface area contributed by atoms with Crippen LogP contribution in [-0.4, -0.2) is 25.7 Å². The SMILES string of the molecule is CC(=O)Nc1nc(CSc2nncn2-c2ccccc2C)cs1. The molecule has 0 radical (unpaired) electrons. The number of amides is 1. The smallest absolute Gasteiger partial charge is 0.223 e. The highest BCUT2D eigenvalue weighted by molar-refractivity contribution is 7.98. The van der Waals surface area contributed by atoms with Crippen LogP contribution in [0.3, 0.4) is 0 Å². The monoisotopic (exact) mass is 345 g/mol. The third-order valence-electron chi connectivity index (χ3n) is 3.08. The van der Waals surface area contributed by atoms with Gasteiger partial charge in [-0.15, -0.1) is 21.5 Å². The molecule has 2 aromatic heterocycles. The van der Waals surface area contributed by atoms with E-state index in [9.17, 15) is 4.79 Å². The first-order valence-electron chi connectivity index (χ1n) is 6.94. The van der Waals surface area contributed by atoms with Crippen molar-refractivity contribution in [2.45, 2.75) is 24.8 Å². The number of aromatic nitrogens is 4. The van der Waals surface area contributed by atoms with Gasteiger partial charge in [0.25, 0.3) is 0 Å². The lowest BCUT2D eigenvalue weighted by Gasteiger charge is -2.08. The van der Waals surface area contributed by atoms with Crippen molar-refractivity contribution in [3.8, 4) is 5.69 Å². The molecule has 0 fully saturated rings. The predicted octanol–water partition coefficient (Wildman–Crippen LogP) is 3.28. The molecular formula is C15H15N5OS2. The number of nitrogens with one attached hydrogen (secondary N) is 1. The Morgan fingerprint density at radius 3 is 3.00 bits per heavy atom. The molecule has 1 amide bonds. The van der Waals surface area contributed by atoms with Gasteiger partial charge in [0.15, 0.2) is 10.3 Å². The zero-order chi connectivity index (χ0) is 16.2. The van der Waals surface area contributed by atoms with E-state index in [1.165, 1.54) is 18.3 Å². The number of carbonyl (C=O) groups is 1. The van der Waals surface area contributed by atoms with Crippen LogP contribution in [0.4, 0.5) is 5.13 Å². The Balaban J connectivity index is 1.73. The van der Waals surface area contributed by atoms with Crippen molar-refractivity contribution >= 4 is 34.1 Å². The fourth-order valence-corrected chi connectivity index (χ4v) is 3.72. The zero-order valence-electron chi connectivity index (χ0n) is 12.7. The molecule has 0 atom stereocenters. The minimum absolute atomic E-state index is 0.113. The first-order valence-corrected chi connectivity index (χ1v) is 8.81. The van der Waals surface area contributed by atoms with Gasteiger partial charge in [0.05, 0.1) is 11.4 Å². The Labute approximate surface area is 142 Å². The van der Waals surface area contributed by atoms with Gasteiger partial charge in [0.1, 0.15) is 6.33 Å². The summed E-state index contributed by atoms with van der Waals surface area (Å²) in [4.78, 5) is 15.4. The van der Waals surface area contributed by atoms with E-state index in [1.54, 1.807) is 18.1 Å². The molecule has 0 saturated heterocycles. The summed E-state index contributed by atoms with van der Waals surface area (Å²) in [6, 6.07) is 8.11. The molecule has 6 nitrogen and oxygen atoms in total. The predicted molar refractivity (Wildman–Crippen MR) is 92.1 cm³/mol. The van der Waals surface area contributed by atoms with Crippen molar-refractivity contribution in [3.05, 3.63) is 47.2 Å². The highest BCUT2D eigenvalue weighted by Crippen LogP contribution is 2.26. The van der Waals surface area contributed by atoms with Crippen LogP contribution in [0.25, 0.3) is 5.69 Å². The number of thiazole rings is 1. The van der Waals surface area contributed by atoms with Crippen LogP contribution in [0.15, 0.2) is 41.1 Å². The number of para-hydroxylation sites is 1. The number of thioether (sulfide) groups is 1. The molecule has 2 heterocycles. The summed E-state index contributed by atoms with van der Waals surface area (Å²) < 4.78 is 1.97. The van der Waals surface area contributed by atoms with Crippen molar-refractivity contribution in [3.63, 3.8) is 0 Å². The summed E-state index contributed by atoms with van der Waals surface area (Å²) in [5.74, 6) is 0.554. The van der Waals surface area contributed by atoms with E-state index >= 15 is 0 Å². The van der Waals surface area contributed by atoms with Gasteiger partial charge in [-0.2, -0.15) is 0 Å². The Bertz CT molecular complexity index is 827. The number of rotatable bonds is 5. The van der Waals surface area contributed by atoms with Crippen LogP contribution in [0, 0.1) is 6.92 Å². The average molecular weight is 345 g/mol. The minimum atomic E-state index is -0.113. The van der Waals surface area contributed by atoms with Crippen LogP contribution in [-0.2, 0) is 10.5 Å². The molecule has 0 aliphatic heterocycles. The Morgan fingerprint density at radius 2 is 2.22 bits per heavy atom. The van der Waals surface area contributed by atoms with E-state index in [4.69, 9.17) is 0 Å². The van der Waals surface area contributed by atoms with Crippen molar-refractivity contribution in [1.29, 1.82) is 0 Å². The number of hydrogen-bond acceptors (Lipinski definition) is 6. The van der Waals surface area contributed by atoms with Gasteiger partial charge in [0.2, 0.25) is 5.91 Å². The quantitative estimate of drug-likeness (QED) is 0.719. The molecule has 3 rings (SSSR count). The van der Waals surface area contributed by atoms with Crippen molar-refractivity contribution in [1.82, 2.24) is 19.7 Å². The number of aryl methyl sites for hydroxylation is 1. The summed E-state index contributed by atoms with van der Waals surface area (Å²) in [6.07, 6.45) is 1.72. The maximum atomic E-state index is 11.0. The molecule has 1 N–H and O–H groups in total. The number of anilines is 1. The Morgan fingerprint density at radius 1 is 1.39 bits per heavy atom. The third kappa shape index (κ3) is 3.77. The molecule has 8 heteroatoms. The molecule has 3 aromatic rings. The molecule has 0 unspecified atom stereocenters. The largest absolute Gasteiger partial charge is 0.302 e. The van der Waals surface area contributed by atoms with E-state index in [0.717, 1.165) is 22.1 Å².